The van der Waals surface area contributed by atoms with Crippen LogP contribution in [0.2, 0.25) is 39.3 Å². The molecule has 4 aliphatic rings. The zero-order chi connectivity index (χ0) is 30.0. The molecule has 0 saturated heterocycles. The molecule has 3 aliphatic carbocycles. The van der Waals surface area contributed by atoms with Crippen LogP contribution in [-0.4, -0.2) is 51.0 Å². The van der Waals surface area contributed by atoms with E-state index in [9.17, 15) is 9.00 Å². The summed E-state index contributed by atoms with van der Waals surface area (Å²) < 4.78 is 29.1. The summed E-state index contributed by atoms with van der Waals surface area (Å²) in [5.41, 5.74) is 1.01. The molecule has 3 fully saturated rings. The van der Waals surface area contributed by atoms with Crippen molar-refractivity contribution in [2.75, 3.05) is 11.1 Å². The summed E-state index contributed by atoms with van der Waals surface area (Å²) in [6.07, 6.45) is 7.25. The Hall–Kier alpha value is -1.46. The first-order valence-corrected chi connectivity index (χ1v) is 23.7. The van der Waals surface area contributed by atoms with Crippen molar-refractivity contribution in [1.82, 2.24) is 0 Å². The number of benzene rings is 1. The van der Waals surface area contributed by atoms with E-state index in [0.717, 1.165) is 56.5 Å². The second-order valence-electron chi connectivity index (χ2n) is 15.6. The van der Waals surface area contributed by atoms with Crippen molar-refractivity contribution < 1.29 is 18.2 Å². The standard InChI is InChI=1S/C32H52N2O4SSi2/c1-31-20-19-25-23(24(31)16-17-26(31)30(35)37-3)15-18-28-32(25,2)21-27(29(33-28)38-41(7,8)9)39(36)34(40(4,5)6)22-13-11-10-12-14-22/h10-14,23-28H,15-21H2,1-9H3/t23-,24-,25-,26+,27+,28+,31-,32+,39?/m0/s1. The predicted octanol–water partition coefficient (Wildman–Crippen LogP) is 7.41. The van der Waals surface area contributed by atoms with Gasteiger partial charge in [-0.1, -0.05) is 51.7 Å². The van der Waals surface area contributed by atoms with Gasteiger partial charge in [-0.2, -0.15) is 0 Å². The maximum absolute atomic E-state index is 14.9. The van der Waals surface area contributed by atoms with Crippen molar-refractivity contribution in [1.29, 1.82) is 0 Å². The molecule has 3 saturated carbocycles. The smallest absolute Gasteiger partial charge is 0.309 e. The minimum Gasteiger partial charge on any atom is -0.534 e. The number of aliphatic imine (C=N–C) groups is 1. The van der Waals surface area contributed by atoms with Gasteiger partial charge in [0, 0.05) is 5.69 Å². The van der Waals surface area contributed by atoms with Gasteiger partial charge in [0.2, 0.25) is 8.32 Å². The Morgan fingerprint density at radius 1 is 0.951 bits per heavy atom. The summed E-state index contributed by atoms with van der Waals surface area (Å²) in [6, 6.07) is 10.5. The number of para-hydroxylation sites is 1. The fourth-order valence-corrected chi connectivity index (χ4v) is 14.9. The van der Waals surface area contributed by atoms with E-state index >= 15 is 0 Å². The number of esters is 1. The van der Waals surface area contributed by atoms with Gasteiger partial charge in [0.25, 0.3) is 0 Å². The molecule has 0 amide bonds. The Morgan fingerprint density at radius 2 is 1.61 bits per heavy atom. The zero-order valence-electron chi connectivity index (χ0n) is 26.7. The molecule has 228 valence electrons. The number of hydrogen-bond acceptors (Lipinski definition) is 5. The van der Waals surface area contributed by atoms with Gasteiger partial charge in [-0.05, 0) is 105 Å². The van der Waals surface area contributed by atoms with Gasteiger partial charge in [0.1, 0.15) is 16.2 Å². The summed E-state index contributed by atoms with van der Waals surface area (Å²) in [4.78, 5) is 18.2. The fraction of sp³-hybridized carbons (Fsp3) is 0.750. The third-order valence-corrected chi connectivity index (χ3v) is 16.8. The lowest BCUT2D eigenvalue weighted by Crippen LogP contribution is -2.60. The molecule has 0 N–H and O–H groups in total. The Bertz CT molecular complexity index is 1200. The summed E-state index contributed by atoms with van der Waals surface area (Å²) in [6.45, 7) is 18.2. The van der Waals surface area contributed by atoms with Crippen molar-refractivity contribution in [3.05, 3.63) is 30.3 Å². The summed E-state index contributed by atoms with van der Waals surface area (Å²) in [5.74, 6) is 2.38. The summed E-state index contributed by atoms with van der Waals surface area (Å²) >= 11 is 0. The number of hydrogen-bond donors (Lipinski definition) is 0. The average molecular weight is 617 g/mol. The van der Waals surface area contributed by atoms with Crippen LogP contribution in [0.4, 0.5) is 5.69 Å². The van der Waals surface area contributed by atoms with Gasteiger partial charge in [0.15, 0.2) is 14.1 Å². The summed E-state index contributed by atoms with van der Waals surface area (Å²) in [5, 5.41) is -0.256. The molecule has 1 aromatic carbocycles. The molecule has 0 aromatic heterocycles. The van der Waals surface area contributed by atoms with Gasteiger partial charge in [-0.15, -0.1) is 0 Å². The maximum Gasteiger partial charge on any atom is 0.309 e. The lowest BCUT2D eigenvalue weighted by atomic mass is 9.47. The zero-order valence-corrected chi connectivity index (χ0v) is 29.6. The van der Waals surface area contributed by atoms with E-state index in [2.05, 4.69) is 69.2 Å². The number of methoxy groups -OCH3 is 1. The first-order valence-electron chi connectivity index (χ1n) is 15.7. The van der Waals surface area contributed by atoms with Gasteiger partial charge in [0.05, 0.1) is 19.1 Å². The third kappa shape index (κ3) is 5.52. The van der Waals surface area contributed by atoms with Gasteiger partial charge >= 0.3 is 5.97 Å². The molecule has 1 aliphatic heterocycles. The van der Waals surface area contributed by atoms with E-state index in [4.69, 9.17) is 14.2 Å². The number of rotatable bonds is 6. The van der Waals surface area contributed by atoms with Crippen LogP contribution in [0, 0.1) is 34.5 Å². The van der Waals surface area contributed by atoms with Crippen LogP contribution in [0.1, 0.15) is 58.8 Å². The Labute approximate surface area is 252 Å². The van der Waals surface area contributed by atoms with Crippen LogP contribution in [0.3, 0.4) is 0 Å². The van der Waals surface area contributed by atoms with Crippen molar-refractivity contribution in [3.8, 4) is 0 Å². The molecule has 0 bridgehead atoms. The molecule has 0 radical (unpaired) electrons. The van der Waals surface area contributed by atoms with Crippen LogP contribution in [0.25, 0.3) is 0 Å². The Morgan fingerprint density at radius 3 is 2.22 bits per heavy atom. The fourth-order valence-electron chi connectivity index (χ4n) is 9.20. The molecule has 5 rings (SSSR count). The minimum absolute atomic E-state index is 0.0153. The van der Waals surface area contributed by atoms with Crippen LogP contribution >= 0.6 is 0 Å². The minimum atomic E-state index is -2.02. The second-order valence-corrected chi connectivity index (χ2v) is 26.7. The van der Waals surface area contributed by atoms with Gasteiger partial charge in [-0.25, -0.2) is 4.21 Å². The van der Waals surface area contributed by atoms with E-state index in [1.807, 2.05) is 18.2 Å². The van der Waals surface area contributed by atoms with E-state index < -0.39 is 27.5 Å². The molecule has 41 heavy (non-hydrogen) atoms. The highest BCUT2D eigenvalue weighted by atomic mass is 32.2. The van der Waals surface area contributed by atoms with Crippen LogP contribution in [0.5, 0.6) is 0 Å². The normalized spacial score (nSPS) is 37.6. The number of carbonyl (C=O) groups excluding carboxylic acids is 1. The number of ether oxygens (including phenoxy) is 1. The van der Waals surface area contributed by atoms with Gasteiger partial charge in [-0.3, -0.25) is 9.79 Å². The lowest BCUT2D eigenvalue weighted by molar-refractivity contribution is -0.153. The Kier molecular flexibility index (Phi) is 8.25. The van der Waals surface area contributed by atoms with Crippen LogP contribution in [-0.2, 0) is 24.9 Å². The summed E-state index contributed by atoms with van der Waals surface area (Å²) in [7, 11) is -3.77. The molecule has 1 heterocycles. The topological polar surface area (TPSA) is 68.2 Å². The monoisotopic (exact) mass is 616 g/mol. The number of carbonyl (C=O) groups is 1. The van der Waals surface area contributed by atoms with E-state index in [1.54, 1.807) is 0 Å². The predicted molar refractivity (Wildman–Crippen MR) is 174 cm³/mol. The first-order chi connectivity index (χ1) is 19.1. The van der Waals surface area contributed by atoms with E-state index in [-0.39, 0.29) is 34.0 Å². The Balaban J connectivity index is 1.51. The molecule has 6 nitrogen and oxygen atoms in total. The average Bonchev–Trinajstić information content (AvgIpc) is 3.24. The molecule has 1 aromatic rings. The van der Waals surface area contributed by atoms with Crippen molar-refractivity contribution in [2.45, 2.75) is 109 Å². The van der Waals surface area contributed by atoms with Crippen LogP contribution < -0.4 is 3.97 Å². The van der Waals surface area contributed by atoms with Crippen LogP contribution in [0.15, 0.2) is 35.3 Å². The highest BCUT2D eigenvalue weighted by Crippen LogP contribution is 2.66. The first kappa shape index (κ1) is 31.0. The SMILES string of the molecule is COC(=O)[C@H]1CC[C@H]2[C@@H]3CC[C@H]4N=C(O[Si](C)(C)C)[C@H](S(=O)N(c5ccccc5)[Si](C)(C)C)C[C@]4(C)[C@H]3CC[C@]12C. The number of fused-ring (bicyclic) bond motifs is 5. The maximum atomic E-state index is 14.9. The molecular weight excluding hydrogens is 565 g/mol. The van der Waals surface area contributed by atoms with Gasteiger partial charge < -0.3 is 13.1 Å². The molecule has 1 unspecified atom stereocenters. The van der Waals surface area contributed by atoms with E-state index in [0.29, 0.717) is 17.8 Å². The number of nitrogens with zero attached hydrogens (tertiary/aromatic N) is 2. The third-order valence-electron chi connectivity index (χ3n) is 10.9. The lowest BCUT2D eigenvalue weighted by Gasteiger charge is -2.60. The molecule has 0 spiro atoms. The van der Waals surface area contributed by atoms with Crippen molar-refractivity contribution in [3.63, 3.8) is 0 Å². The highest BCUT2D eigenvalue weighted by Gasteiger charge is 2.63. The largest absolute Gasteiger partial charge is 0.534 e. The van der Waals surface area contributed by atoms with E-state index in [1.165, 1.54) is 7.11 Å². The molecule has 9 atom stereocenters. The highest BCUT2D eigenvalue weighted by molar-refractivity contribution is 7.90. The van der Waals surface area contributed by atoms with Crippen molar-refractivity contribution in [2.24, 2.45) is 39.5 Å². The van der Waals surface area contributed by atoms with Crippen molar-refractivity contribution >= 4 is 45.1 Å². The number of anilines is 1. The quantitative estimate of drug-likeness (QED) is 0.247. The molecular formula is C32H52N2O4SSi2. The second kappa shape index (κ2) is 10.9. The molecule has 9 heteroatoms.